The molecule has 0 unspecified atom stereocenters. The Morgan fingerprint density at radius 1 is 0.923 bits per heavy atom. The number of amides is 1. The Bertz CT molecular complexity index is 534. The van der Waals surface area contributed by atoms with Gasteiger partial charge in [0.2, 0.25) is 0 Å². The molecule has 26 heavy (non-hydrogen) atoms. The van der Waals surface area contributed by atoms with Gasteiger partial charge in [-0.15, -0.1) is 0 Å². The highest BCUT2D eigenvalue weighted by molar-refractivity contribution is 6.33. The molecule has 0 aliphatic rings. The minimum atomic E-state index is -0.826. The lowest BCUT2D eigenvalue weighted by Gasteiger charge is -2.07. The number of hydrogen-bond donors (Lipinski definition) is 1. The topological polar surface area (TPSA) is 55.4 Å². The summed E-state index contributed by atoms with van der Waals surface area (Å²) in [5.41, 5.74) is 0.769. The largest absolute Gasteiger partial charge is 0.459 e. The smallest absolute Gasteiger partial charge is 0.396 e. The number of hydrogen-bond acceptors (Lipinski definition) is 3. The maximum Gasteiger partial charge on any atom is 0.396 e. The highest BCUT2D eigenvalue weighted by Crippen LogP contribution is 2.14. The van der Waals surface area contributed by atoms with Crippen molar-refractivity contribution >= 4 is 23.5 Å². The third-order valence-electron chi connectivity index (χ3n) is 4.31. The van der Waals surface area contributed by atoms with Gasteiger partial charge >= 0.3 is 11.9 Å². The molecule has 0 saturated heterocycles. The third-order valence-corrected chi connectivity index (χ3v) is 4.68. The first-order valence-electron chi connectivity index (χ1n) is 9.83. The number of nitrogens with one attached hydrogen (secondary N) is 1. The molecule has 0 aliphatic carbocycles. The van der Waals surface area contributed by atoms with Gasteiger partial charge in [0.25, 0.3) is 0 Å². The van der Waals surface area contributed by atoms with Crippen LogP contribution in [0.5, 0.6) is 0 Å². The normalized spacial score (nSPS) is 10.5. The van der Waals surface area contributed by atoms with Gasteiger partial charge in [0, 0.05) is 11.6 Å². The number of halogens is 1. The predicted molar refractivity (Wildman–Crippen MR) is 106 cm³/mol. The van der Waals surface area contributed by atoms with E-state index in [1.165, 1.54) is 44.9 Å². The van der Waals surface area contributed by atoms with Crippen LogP contribution in [-0.4, -0.2) is 18.5 Å². The molecule has 0 atom stereocenters. The van der Waals surface area contributed by atoms with E-state index in [0.717, 1.165) is 24.8 Å². The van der Waals surface area contributed by atoms with Crippen molar-refractivity contribution in [3.05, 3.63) is 34.9 Å². The van der Waals surface area contributed by atoms with Crippen molar-refractivity contribution in [2.45, 2.75) is 77.7 Å². The van der Waals surface area contributed by atoms with Gasteiger partial charge in [0.1, 0.15) is 0 Å². The van der Waals surface area contributed by atoms with Crippen molar-refractivity contribution in [2.75, 3.05) is 6.61 Å². The van der Waals surface area contributed by atoms with Gasteiger partial charge in [-0.25, -0.2) is 4.79 Å². The standard InChI is InChI=1S/C21H32ClNO3/c1-2-3-4-5-6-7-8-9-10-13-16-26-21(25)20(24)23-17-18-14-11-12-15-19(18)22/h11-12,14-15H,2-10,13,16-17H2,1H3,(H,23,24). The molecule has 0 spiro atoms. The zero-order chi connectivity index (χ0) is 19.0. The Hall–Kier alpha value is -1.55. The van der Waals surface area contributed by atoms with Gasteiger partial charge in [-0.3, -0.25) is 4.79 Å². The van der Waals surface area contributed by atoms with Gasteiger partial charge in [0.15, 0.2) is 0 Å². The predicted octanol–water partition coefficient (Wildman–Crippen LogP) is 5.42. The van der Waals surface area contributed by atoms with E-state index in [1.807, 2.05) is 12.1 Å². The summed E-state index contributed by atoms with van der Waals surface area (Å²) < 4.78 is 5.01. The molecule has 0 heterocycles. The molecule has 0 radical (unpaired) electrons. The Morgan fingerprint density at radius 3 is 2.12 bits per heavy atom. The summed E-state index contributed by atoms with van der Waals surface area (Å²) >= 11 is 6.01. The van der Waals surface area contributed by atoms with Gasteiger partial charge in [0.05, 0.1) is 6.61 Å². The van der Waals surface area contributed by atoms with E-state index in [1.54, 1.807) is 12.1 Å². The zero-order valence-electron chi connectivity index (χ0n) is 15.9. The highest BCUT2D eigenvalue weighted by atomic mass is 35.5. The number of unbranched alkanes of at least 4 members (excludes halogenated alkanes) is 9. The minimum Gasteiger partial charge on any atom is -0.459 e. The minimum absolute atomic E-state index is 0.214. The van der Waals surface area contributed by atoms with E-state index in [-0.39, 0.29) is 6.54 Å². The number of rotatable bonds is 13. The molecule has 1 aromatic rings. The molecule has 0 fully saturated rings. The van der Waals surface area contributed by atoms with Crippen molar-refractivity contribution in [1.29, 1.82) is 0 Å². The SMILES string of the molecule is CCCCCCCCCCCCOC(=O)C(=O)NCc1ccccc1Cl. The monoisotopic (exact) mass is 381 g/mol. The maximum absolute atomic E-state index is 11.7. The second-order valence-electron chi connectivity index (χ2n) is 6.59. The molecule has 5 heteroatoms. The molecular weight excluding hydrogens is 350 g/mol. The van der Waals surface area contributed by atoms with Crippen LogP contribution in [0.1, 0.15) is 76.7 Å². The van der Waals surface area contributed by atoms with Gasteiger partial charge in [-0.05, 0) is 18.1 Å². The molecule has 0 saturated carbocycles. The zero-order valence-corrected chi connectivity index (χ0v) is 16.7. The van der Waals surface area contributed by atoms with E-state index in [2.05, 4.69) is 12.2 Å². The Morgan fingerprint density at radius 2 is 1.50 bits per heavy atom. The maximum atomic E-state index is 11.7. The first-order chi connectivity index (χ1) is 12.6. The summed E-state index contributed by atoms with van der Waals surface area (Å²) in [5, 5.41) is 3.09. The number of ether oxygens (including phenoxy) is 1. The fourth-order valence-corrected chi connectivity index (χ4v) is 2.91. The van der Waals surface area contributed by atoms with Crippen molar-refractivity contribution < 1.29 is 14.3 Å². The molecule has 146 valence electrons. The summed E-state index contributed by atoms with van der Waals surface area (Å²) in [4.78, 5) is 23.4. The van der Waals surface area contributed by atoms with Crippen molar-refractivity contribution in [2.24, 2.45) is 0 Å². The van der Waals surface area contributed by atoms with Crippen LogP contribution in [0.3, 0.4) is 0 Å². The third kappa shape index (κ3) is 10.4. The Kier molecular flexibility index (Phi) is 12.6. The second kappa shape index (κ2) is 14.6. The number of esters is 1. The molecule has 1 N–H and O–H groups in total. The summed E-state index contributed by atoms with van der Waals surface area (Å²) in [7, 11) is 0. The molecule has 0 aliphatic heterocycles. The van der Waals surface area contributed by atoms with Crippen molar-refractivity contribution in [3.8, 4) is 0 Å². The molecule has 0 bridgehead atoms. The van der Waals surface area contributed by atoms with Crippen molar-refractivity contribution in [3.63, 3.8) is 0 Å². The fourth-order valence-electron chi connectivity index (χ4n) is 2.71. The van der Waals surface area contributed by atoms with Crippen LogP contribution in [-0.2, 0) is 20.9 Å². The van der Waals surface area contributed by atoms with Gasteiger partial charge in [-0.2, -0.15) is 0 Å². The lowest BCUT2D eigenvalue weighted by atomic mass is 10.1. The van der Waals surface area contributed by atoms with E-state index < -0.39 is 11.9 Å². The number of carbonyl (C=O) groups is 2. The lowest BCUT2D eigenvalue weighted by Crippen LogP contribution is -2.32. The van der Waals surface area contributed by atoms with E-state index in [9.17, 15) is 9.59 Å². The first-order valence-corrected chi connectivity index (χ1v) is 10.2. The highest BCUT2D eigenvalue weighted by Gasteiger charge is 2.14. The molecular formula is C21H32ClNO3. The van der Waals surface area contributed by atoms with E-state index in [4.69, 9.17) is 16.3 Å². The van der Waals surface area contributed by atoms with Crippen LogP contribution in [0.2, 0.25) is 5.02 Å². The summed E-state index contributed by atoms with van der Waals surface area (Å²) in [5.74, 6) is -1.55. The average molecular weight is 382 g/mol. The molecule has 1 rings (SSSR count). The molecule has 0 aromatic heterocycles. The molecule has 1 aromatic carbocycles. The number of benzene rings is 1. The summed E-state index contributed by atoms with van der Waals surface area (Å²) in [6, 6.07) is 7.19. The second-order valence-corrected chi connectivity index (χ2v) is 7.00. The fraction of sp³-hybridized carbons (Fsp3) is 0.619. The first kappa shape index (κ1) is 22.5. The van der Waals surface area contributed by atoms with Gasteiger partial charge in [-0.1, -0.05) is 94.5 Å². The summed E-state index contributed by atoms with van der Waals surface area (Å²) in [6.45, 7) is 2.75. The van der Waals surface area contributed by atoms with Crippen LogP contribution in [0.15, 0.2) is 24.3 Å². The van der Waals surface area contributed by atoms with Crippen LogP contribution < -0.4 is 5.32 Å². The van der Waals surface area contributed by atoms with Gasteiger partial charge < -0.3 is 10.1 Å². The van der Waals surface area contributed by atoms with Crippen LogP contribution in [0.4, 0.5) is 0 Å². The Balaban J connectivity index is 1.99. The van der Waals surface area contributed by atoms with E-state index in [0.29, 0.717) is 11.6 Å². The van der Waals surface area contributed by atoms with Crippen LogP contribution in [0.25, 0.3) is 0 Å². The summed E-state index contributed by atoms with van der Waals surface area (Å²) in [6.07, 6.45) is 12.2. The quantitative estimate of drug-likeness (QED) is 0.282. The average Bonchev–Trinajstić information content (AvgIpc) is 2.65. The van der Waals surface area contributed by atoms with Crippen LogP contribution in [0, 0.1) is 0 Å². The Labute approximate surface area is 162 Å². The molecule has 1 amide bonds. The number of carbonyl (C=O) groups excluding carboxylic acids is 2. The van der Waals surface area contributed by atoms with Crippen molar-refractivity contribution in [1.82, 2.24) is 5.32 Å². The van der Waals surface area contributed by atoms with E-state index >= 15 is 0 Å². The molecule has 4 nitrogen and oxygen atoms in total. The lowest BCUT2D eigenvalue weighted by molar-refractivity contribution is -0.155. The van der Waals surface area contributed by atoms with Crippen LogP contribution >= 0.6 is 11.6 Å².